The first-order valence-electron chi connectivity index (χ1n) is 4.76. The summed E-state index contributed by atoms with van der Waals surface area (Å²) in [5.74, 6) is 0. The molecule has 1 N–H and O–H groups in total. The molecule has 0 saturated carbocycles. The quantitative estimate of drug-likeness (QED) is 0.811. The van der Waals surface area contributed by atoms with Gasteiger partial charge in [-0.1, -0.05) is 23.2 Å². The Bertz CT molecular complexity index is 392. The Morgan fingerprint density at radius 2 is 2.07 bits per heavy atom. The first-order valence-corrected chi connectivity index (χ1v) is 5.52. The zero-order chi connectivity index (χ0) is 11.0. The van der Waals surface area contributed by atoms with Gasteiger partial charge in [0.25, 0.3) is 0 Å². The van der Waals surface area contributed by atoms with Gasteiger partial charge in [-0.15, -0.1) is 0 Å². The molecular weight excluding hydrogens is 231 g/mol. The fraction of sp³-hybridized carbons (Fsp3) is 0.273. The molecule has 1 aliphatic heterocycles. The minimum atomic E-state index is 0.224. The molecule has 0 fully saturated rings. The first kappa shape index (κ1) is 10.7. The molecule has 0 aliphatic carbocycles. The normalized spacial score (nSPS) is 19.5. The molecule has 1 atom stereocenters. The van der Waals surface area contributed by atoms with E-state index in [1.54, 1.807) is 6.07 Å². The molecule has 1 aromatic rings. The average molecular weight is 243 g/mol. The number of rotatable bonds is 1. The van der Waals surface area contributed by atoms with Gasteiger partial charge in [0, 0.05) is 17.4 Å². The van der Waals surface area contributed by atoms with Gasteiger partial charge in [-0.2, -0.15) is 0 Å². The predicted octanol–water partition coefficient (Wildman–Crippen LogP) is 3.53. The van der Waals surface area contributed by atoms with Crippen LogP contribution < -0.4 is 10.2 Å². The minimum absolute atomic E-state index is 0.224. The Hall–Kier alpha value is -0.860. The fourth-order valence-corrected chi connectivity index (χ4v) is 2.45. The molecule has 0 saturated heterocycles. The van der Waals surface area contributed by atoms with Crippen LogP contribution in [0.15, 0.2) is 24.5 Å². The van der Waals surface area contributed by atoms with Crippen molar-refractivity contribution in [2.24, 2.45) is 0 Å². The maximum Gasteiger partial charge on any atom is 0.100 e. The molecule has 2 rings (SSSR count). The molecule has 1 aliphatic rings. The molecule has 0 amide bonds. The average Bonchev–Trinajstić information content (AvgIpc) is 2.50. The number of aryl methyl sites for hydroxylation is 1. The number of nitrogens with zero attached hydrogens (tertiary/aromatic N) is 1. The van der Waals surface area contributed by atoms with Crippen LogP contribution in [-0.4, -0.2) is 6.17 Å². The Balaban J connectivity index is 2.48. The van der Waals surface area contributed by atoms with Gasteiger partial charge in [0.2, 0.25) is 0 Å². The largest absolute Gasteiger partial charge is 0.370 e. The minimum Gasteiger partial charge on any atom is -0.370 e. The molecular formula is C11H12Cl2N2. The van der Waals surface area contributed by atoms with Gasteiger partial charge in [0.05, 0.1) is 10.7 Å². The predicted molar refractivity (Wildman–Crippen MR) is 65.4 cm³/mol. The van der Waals surface area contributed by atoms with Crippen molar-refractivity contribution in [2.45, 2.75) is 20.0 Å². The third-order valence-corrected chi connectivity index (χ3v) is 2.97. The molecule has 0 aromatic heterocycles. The second kappa shape index (κ2) is 3.95. The maximum atomic E-state index is 6.19. The van der Waals surface area contributed by atoms with E-state index in [-0.39, 0.29) is 6.17 Å². The number of hydrogen-bond donors (Lipinski definition) is 1. The Labute approximate surface area is 99.5 Å². The Morgan fingerprint density at radius 1 is 1.33 bits per heavy atom. The summed E-state index contributed by atoms with van der Waals surface area (Å²) in [7, 11) is 0. The van der Waals surface area contributed by atoms with Crippen LogP contribution in [0.4, 0.5) is 5.69 Å². The van der Waals surface area contributed by atoms with E-state index in [0.717, 1.165) is 11.3 Å². The summed E-state index contributed by atoms with van der Waals surface area (Å²) >= 11 is 12.1. The summed E-state index contributed by atoms with van der Waals surface area (Å²) < 4.78 is 0. The molecule has 2 nitrogen and oxygen atoms in total. The summed E-state index contributed by atoms with van der Waals surface area (Å²) in [5.41, 5.74) is 2.09. The van der Waals surface area contributed by atoms with E-state index in [4.69, 9.17) is 23.2 Å². The van der Waals surface area contributed by atoms with Crippen molar-refractivity contribution >= 4 is 28.9 Å². The van der Waals surface area contributed by atoms with Crippen molar-refractivity contribution in [3.8, 4) is 0 Å². The summed E-state index contributed by atoms with van der Waals surface area (Å²) in [6.45, 7) is 4.08. The van der Waals surface area contributed by atoms with Gasteiger partial charge >= 0.3 is 0 Å². The summed E-state index contributed by atoms with van der Waals surface area (Å²) in [4.78, 5) is 2.09. The van der Waals surface area contributed by atoms with Gasteiger partial charge in [-0.25, -0.2) is 0 Å². The van der Waals surface area contributed by atoms with E-state index in [2.05, 4.69) is 17.1 Å². The van der Waals surface area contributed by atoms with Crippen molar-refractivity contribution in [1.29, 1.82) is 0 Å². The SMILES string of the molecule is Cc1cc(Cl)cc(Cl)c1N1C=CNC1C. The van der Waals surface area contributed by atoms with Gasteiger partial charge < -0.3 is 10.2 Å². The van der Waals surface area contributed by atoms with Crippen molar-refractivity contribution in [3.63, 3.8) is 0 Å². The third kappa shape index (κ3) is 1.92. The molecule has 0 radical (unpaired) electrons. The molecule has 4 heteroatoms. The lowest BCUT2D eigenvalue weighted by atomic mass is 10.2. The van der Waals surface area contributed by atoms with Crippen molar-refractivity contribution in [2.75, 3.05) is 4.90 Å². The number of nitrogens with one attached hydrogen (secondary N) is 1. The number of hydrogen-bond acceptors (Lipinski definition) is 2. The second-order valence-electron chi connectivity index (χ2n) is 3.62. The summed E-state index contributed by atoms with van der Waals surface area (Å²) in [6.07, 6.45) is 4.12. The molecule has 1 heterocycles. The van der Waals surface area contributed by atoms with Crippen LogP contribution in [0.25, 0.3) is 0 Å². The van der Waals surface area contributed by atoms with Crippen LogP contribution in [0.1, 0.15) is 12.5 Å². The fourth-order valence-electron chi connectivity index (χ4n) is 1.76. The van der Waals surface area contributed by atoms with Crippen LogP contribution in [0.3, 0.4) is 0 Å². The van der Waals surface area contributed by atoms with Gasteiger partial charge in [-0.05, 0) is 31.5 Å². The molecule has 15 heavy (non-hydrogen) atoms. The lowest BCUT2D eigenvalue weighted by Gasteiger charge is -2.25. The first-order chi connectivity index (χ1) is 7.09. The lowest BCUT2D eigenvalue weighted by molar-refractivity contribution is 0.683. The number of halogens is 2. The van der Waals surface area contributed by atoms with E-state index in [9.17, 15) is 0 Å². The van der Waals surface area contributed by atoms with Crippen LogP contribution >= 0.6 is 23.2 Å². The lowest BCUT2D eigenvalue weighted by Crippen LogP contribution is -2.32. The van der Waals surface area contributed by atoms with Crippen LogP contribution in [0, 0.1) is 6.92 Å². The van der Waals surface area contributed by atoms with Crippen molar-refractivity contribution in [1.82, 2.24) is 5.32 Å². The van der Waals surface area contributed by atoms with E-state index >= 15 is 0 Å². The van der Waals surface area contributed by atoms with Crippen LogP contribution in [0.5, 0.6) is 0 Å². The number of benzene rings is 1. The molecule has 80 valence electrons. The second-order valence-corrected chi connectivity index (χ2v) is 4.46. The van der Waals surface area contributed by atoms with Gasteiger partial charge in [0.1, 0.15) is 6.17 Å². The van der Waals surface area contributed by atoms with Crippen molar-refractivity contribution < 1.29 is 0 Å². The highest BCUT2D eigenvalue weighted by atomic mass is 35.5. The monoisotopic (exact) mass is 242 g/mol. The molecule has 1 unspecified atom stereocenters. The molecule has 0 spiro atoms. The topological polar surface area (TPSA) is 15.3 Å². The third-order valence-electron chi connectivity index (χ3n) is 2.47. The van der Waals surface area contributed by atoms with E-state index in [1.807, 2.05) is 25.4 Å². The zero-order valence-electron chi connectivity index (χ0n) is 8.59. The Morgan fingerprint density at radius 3 is 2.60 bits per heavy atom. The molecule has 1 aromatic carbocycles. The van der Waals surface area contributed by atoms with Crippen molar-refractivity contribution in [3.05, 3.63) is 40.1 Å². The van der Waals surface area contributed by atoms with Gasteiger partial charge in [-0.3, -0.25) is 0 Å². The summed E-state index contributed by atoms with van der Waals surface area (Å²) in [6, 6.07) is 3.69. The Kier molecular flexibility index (Phi) is 2.81. The van der Waals surface area contributed by atoms with E-state index < -0.39 is 0 Å². The van der Waals surface area contributed by atoms with Gasteiger partial charge in [0.15, 0.2) is 0 Å². The highest BCUT2D eigenvalue weighted by molar-refractivity contribution is 6.36. The van der Waals surface area contributed by atoms with E-state index in [0.29, 0.717) is 10.0 Å². The smallest absolute Gasteiger partial charge is 0.100 e. The van der Waals surface area contributed by atoms with E-state index in [1.165, 1.54) is 0 Å². The number of anilines is 1. The highest BCUT2D eigenvalue weighted by Crippen LogP contribution is 2.34. The summed E-state index contributed by atoms with van der Waals surface area (Å²) in [5, 5.41) is 4.54. The highest BCUT2D eigenvalue weighted by Gasteiger charge is 2.19. The zero-order valence-corrected chi connectivity index (χ0v) is 10.1. The standard InChI is InChI=1S/C11H12Cl2N2/c1-7-5-9(12)6-10(13)11(7)15-4-3-14-8(15)2/h3-6,8,14H,1-2H3. The maximum absolute atomic E-state index is 6.19. The van der Waals surface area contributed by atoms with Crippen LogP contribution in [-0.2, 0) is 0 Å². The molecule has 0 bridgehead atoms. The van der Waals surface area contributed by atoms with Crippen LogP contribution in [0.2, 0.25) is 10.0 Å².